The van der Waals surface area contributed by atoms with Crippen LogP contribution in [0.15, 0.2) is 4.99 Å². The van der Waals surface area contributed by atoms with E-state index < -0.39 is 0 Å². The number of guanidine groups is 1. The molecule has 2 fully saturated rings. The normalized spacial score (nSPS) is 25.0. The van der Waals surface area contributed by atoms with E-state index in [-0.39, 0.29) is 36.2 Å². The first-order chi connectivity index (χ1) is 11.2. The minimum atomic E-state index is 0. The van der Waals surface area contributed by atoms with Gasteiger partial charge in [0.1, 0.15) is 6.10 Å². The van der Waals surface area contributed by atoms with Crippen LogP contribution in [0.2, 0.25) is 0 Å². The van der Waals surface area contributed by atoms with E-state index in [9.17, 15) is 0 Å². The van der Waals surface area contributed by atoms with Crippen molar-refractivity contribution in [2.24, 2.45) is 10.9 Å². The monoisotopic (exact) mass is 455 g/mol. The third kappa shape index (κ3) is 7.41. The number of aliphatic imine (C=N–C) groups is 1. The van der Waals surface area contributed by atoms with Gasteiger partial charge in [-0.3, -0.25) is 4.99 Å². The first-order valence-electron chi connectivity index (χ1n) is 8.97. The van der Waals surface area contributed by atoms with E-state index in [0.717, 1.165) is 64.7 Å². The van der Waals surface area contributed by atoms with Crippen LogP contribution in [0.5, 0.6) is 0 Å². The predicted octanol–water partition coefficient (Wildman–Crippen LogP) is 2.12. The van der Waals surface area contributed by atoms with Crippen molar-refractivity contribution in [1.29, 1.82) is 0 Å². The zero-order chi connectivity index (χ0) is 16.5. The van der Waals surface area contributed by atoms with Crippen LogP contribution < -0.4 is 5.32 Å². The first kappa shape index (κ1) is 21.9. The number of rotatable bonds is 7. The topological polar surface area (TPSA) is 55.3 Å². The van der Waals surface area contributed by atoms with E-state index in [0.29, 0.717) is 12.5 Å². The smallest absolute Gasteiger partial charge is 0.193 e. The molecule has 2 aliphatic heterocycles. The summed E-state index contributed by atoms with van der Waals surface area (Å²) in [5, 5.41) is 3.39. The van der Waals surface area contributed by atoms with Crippen LogP contribution >= 0.6 is 24.0 Å². The average Bonchev–Trinajstić information content (AvgIpc) is 3.08. The van der Waals surface area contributed by atoms with E-state index >= 15 is 0 Å². The number of morpholine rings is 1. The molecule has 1 N–H and O–H groups in total. The third-order valence-electron chi connectivity index (χ3n) is 4.35. The molecule has 0 bridgehead atoms. The summed E-state index contributed by atoms with van der Waals surface area (Å²) < 4.78 is 17.3. The Morgan fingerprint density at radius 3 is 2.71 bits per heavy atom. The summed E-state index contributed by atoms with van der Waals surface area (Å²) in [6, 6.07) is 0. The number of ether oxygens (including phenoxy) is 3. The summed E-state index contributed by atoms with van der Waals surface area (Å²) in [4.78, 5) is 6.67. The Balaban J connectivity index is 0.00000288. The molecular weight excluding hydrogens is 421 g/mol. The lowest BCUT2D eigenvalue weighted by Crippen LogP contribution is -2.53. The van der Waals surface area contributed by atoms with Gasteiger partial charge in [0, 0.05) is 39.9 Å². The van der Waals surface area contributed by atoms with Crippen LogP contribution in [0.1, 0.15) is 33.1 Å². The van der Waals surface area contributed by atoms with Crippen molar-refractivity contribution < 1.29 is 14.2 Å². The van der Waals surface area contributed by atoms with Gasteiger partial charge in [-0.15, -0.1) is 24.0 Å². The molecule has 142 valence electrons. The predicted molar refractivity (Wildman–Crippen MR) is 107 cm³/mol. The van der Waals surface area contributed by atoms with Crippen LogP contribution in [0.4, 0.5) is 0 Å². The van der Waals surface area contributed by atoms with Crippen LogP contribution in [-0.4, -0.2) is 76.2 Å². The molecule has 0 aromatic rings. The third-order valence-corrected chi connectivity index (χ3v) is 4.35. The van der Waals surface area contributed by atoms with Gasteiger partial charge in [-0.1, -0.05) is 13.8 Å². The van der Waals surface area contributed by atoms with Gasteiger partial charge in [-0.2, -0.15) is 0 Å². The van der Waals surface area contributed by atoms with Crippen LogP contribution in [0.3, 0.4) is 0 Å². The lowest BCUT2D eigenvalue weighted by Gasteiger charge is -2.37. The van der Waals surface area contributed by atoms with Crippen molar-refractivity contribution in [2.75, 3.05) is 53.1 Å². The highest BCUT2D eigenvalue weighted by Crippen LogP contribution is 2.20. The van der Waals surface area contributed by atoms with Crippen molar-refractivity contribution >= 4 is 29.9 Å². The van der Waals surface area contributed by atoms with E-state index in [1.165, 1.54) is 0 Å². The van der Waals surface area contributed by atoms with Crippen molar-refractivity contribution in [3.8, 4) is 0 Å². The molecule has 0 amide bonds. The summed E-state index contributed by atoms with van der Waals surface area (Å²) >= 11 is 0. The molecule has 2 rings (SSSR count). The molecule has 24 heavy (non-hydrogen) atoms. The minimum Gasteiger partial charge on any atom is -0.380 e. The second-order valence-corrected chi connectivity index (χ2v) is 6.68. The molecule has 2 atom stereocenters. The van der Waals surface area contributed by atoms with Crippen molar-refractivity contribution in [1.82, 2.24) is 10.2 Å². The van der Waals surface area contributed by atoms with Crippen LogP contribution in [0, 0.1) is 5.92 Å². The molecule has 2 aliphatic rings. The van der Waals surface area contributed by atoms with E-state index in [1.807, 2.05) is 7.05 Å². The van der Waals surface area contributed by atoms with Gasteiger partial charge < -0.3 is 24.4 Å². The lowest BCUT2D eigenvalue weighted by molar-refractivity contribution is -0.0817. The van der Waals surface area contributed by atoms with Crippen molar-refractivity contribution in [3.05, 3.63) is 0 Å². The van der Waals surface area contributed by atoms with E-state index in [2.05, 4.69) is 29.1 Å². The largest absolute Gasteiger partial charge is 0.380 e. The Labute approximate surface area is 163 Å². The maximum atomic E-state index is 5.89. The summed E-state index contributed by atoms with van der Waals surface area (Å²) in [5.41, 5.74) is 0. The maximum Gasteiger partial charge on any atom is 0.193 e. The zero-order valence-corrected chi connectivity index (χ0v) is 17.7. The van der Waals surface area contributed by atoms with Gasteiger partial charge in [-0.25, -0.2) is 0 Å². The number of hydrogen-bond acceptors (Lipinski definition) is 4. The van der Waals surface area contributed by atoms with E-state index in [4.69, 9.17) is 14.2 Å². The molecule has 2 unspecified atom stereocenters. The molecule has 2 saturated heterocycles. The summed E-state index contributed by atoms with van der Waals surface area (Å²) in [5.74, 6) is 1.63. The molecule has 0 saturated carbocycles. The second kappa shape index (κ2) is 12.3. The Hall–Kier alpha value is -0.120. The zero-order valence-electron chi connectivity index (χ0n) is 15.3. The number of halogens is 1. The van der Waals surface area contributed by atoms with Crippen molar-refractivity contribution in [3.63, 3.8) is 0 Å². The molecule has 2 heterocycles. The average molecular weight is 455 g/mol. The number of nitrogens with one attached hydrogen (secondary N) is 1. The first-order valence-corrected chi connectivity index (χ1v) is 8.97. The van der Waals surface area contributed by atoms with Gasteiger partial charge in [0.25, 0.3) is 0 Å². The molecule has 0 aromatic heterocycles. The van der Waals surface area contributed by atoms with Crippen LogP contribution in [0.25, 0.3) is 0 Å². The summed E-state index contributed by atoms with van der Waals surface area (Å²) in [6.07, 6.45) is 3.77. The summed E-state index contributed by atoms with van der Waals surface area (Å²) in [7, 11) is 1.83. The Morgan fingerprint density at radius 2 is 2.04 bits per heavy atom. The fourth-order valence-corrected chi connectivity index (χ4v) is 2.98. The van der Waals surface area contributed by atoms with Gasteiger partial charge in [0.2, 0.25) is 0 Å². The molecule has 0 aromatic carbocycles. The molecule has 0 spiro atoms. The minimum absolute atomic E-state index is 0. The van der Waals surface area contributed by atoms with Crippen LogP contribution in [-0.2, 0) is 14.2 Å². The molecule has 0 aliphatic carbocycles. The van der Waals surface area contributed by atoms with Gasteiger partial charge in [0.15, 0.2) is 5.96 Å². The Kier molecular flexibility index (Phi) is 11.2. The highest BCUT2D eigenvalue weighted by molar-refractivity contribution is 14.0. The SMILES string of the molecule is CN=C(NCCOCCC(C)C)N1CCOC(C2CCCO2)C1.I. The summed E-state index contributed by atoms with van der Waals surface area (Å²) in [6.45, 7) is 10.1. The van der Waals surface area contributed by atoms with Gasteiger partial charge >= 0.3 is 0 Å². The highest BCUT2D eigenvalue weighted by Gasteiger charge is 2.32. The van der Waals surface area contributed by atoms with Gasteiger partial charge in [-0.05, 0) is 25.2 Å². The molecule has 0 radical (unpaired) electrons. The molecule has 7 heteroatoms. The molecular formula is C17H34IN3O3. The Bertz CT molecular complexity index is 363. The fraction of sp³-hybridized carbons (Fsp3) is 0.941. The number of hydrogen-bond donors (Lipinski definition) is 1. The fourth-order valence-electron chi connectivity index (χ4n) is 2.98. The standard InChI is InChI=1S/C17H33N3O3.HI/c1-14(2)6-10-21-11-7-19-17(18-3)20-8-12-23-16(13-20)15-5-4-9-22-15;/h14-16H,4-13H2,1-3H3,(H,18,19);1H. The highest BCUT2D eigenvalue weighted by atomic mass is 127. The quantitative estimate of drug-likeness (QED) is 0.276. The second-order valence-electron chi connectivity index (χ2n) is 6.68. The van der Waals surface area contributed by atoms with Gasteiger partial charge in [0.05, 0.1) is 19.3 Å². The Morgan fingerprint density at radius 1 is 1.25 bits per heavy atom. The van der Waals surface area contributed by atoms with Crippen molar-refractivity contribution in [2.45, 2.75) is 45.3 Å². The number of nitrogens with zero attached hydrogens (tertiary/aromatic N) is 2. The molecule has 6 nitrogen and oxygen atoms in total. The van der Waals surface area contributed by atoms with E-state index in [1.54, 1.807) is 0 Å². The lowest BCUT2D eigenvalue weighted by atomic mass is 10.1. The maximum absolute atomic E-state index is 5.89.